The van der Waals surface area contributed by atoms with Crippen LogP contribution in [0, 0.1) is 5.82 Å². The topological polar surface area (TPSA) is 49.7 Å². The number of carbonyl (C=O) groups is 1. The third kappa shape index (κ3) is 3.94. The molecule has 7 heteroatoms. The molecule has 0 bridgehead atoms. The summed E-state index contributed by atoms with van der Waals surface area (Å²) in [5.41, 5.74) is 0.816. The summed E-state index contributed by atoms with van der Waals surface area (Å²) in [4.78, 5) is 15.8. The average Bonchev–Trinajstić information content (AvgIpc) is 2.54. The Balaban J connectivity index is 1.59. The molecule has 1 aromatic carbocycles. The maximum Gasteiger partial charge on any atom is 0.236 e. The minimum atomic E-state index is -0.412. The standard InChI is InChI=1S/C16H21ClFN4O/c1-21-6-7-22(10-16(21)23)15-9-12(4-5-19-15)20-11-2-3-14(18)13(17)8-11/h2-3,8,12,15,20H,4-7,9-10H2,1H3. The SMILES string of the molecule is CN1CCN(C2CC(Nc3ccc(F)c(Cl)c3)CC[N]2)CC1=O. The highest BCUT2D eigenvalue weighted by Crippen LogP contribution is 2.23. The molecule has 1 aromatic rings. The number of likely N-dealkylation sites (N-methyl/N-ethyl adjacent to an activating group) is 1. The number of carbonyl (C=O) groups excluding carboxylic acids is 1. The molecule has 0 saturated carbocycles. The van der Waals surface area contributed by atoms with Crippen molar-refractivity contribution >= 4 is 23.2 Å². The molecule has 23 heavy (non-hydrogen) atoms. The number of hydrogen-bond acceptors (Lipinski definition) is 3. The molecule has 2 unspecified atom stereocenters. The van der Waals surface area contributed by atoms with Crippen LogP contribution in [0.5, 0.6) is 0 Å². The molecule has 1 amide bonds. The van der Waals surface area contributed by atoms with Crippen LogP contribution in [0.3, 0.4) is 0 Å². The van der Waals surface area contributed by atoms with Gasteiger partial charge >= 0.3 is 0 Å². The second-order valence-corrected chi connectivity index (χ2v) is 6.57. The van der Waals surface area contributed by atoms with Gasteiger partial charge in [-0.15, -0.1) is 0 Å². The summed E-state index contributed by atoms with van der Waals surface area (Å²) in [6.07, 6.45) is 1.83. The normalized spacial score (nSPS) is 26.4. The van der Waals surface area contributed by atoms with Crippen LogP contribution in [-0.2, 0) is 4.79 Å². The fraction of sp³-hybridized carbons (Fsp3) is 0.562. The molecule has 0 aliphatic carbocycles. The lowest BCUT2D eigenvalue weighted by atomic mass is 10.0. The monoisotopic (exact) mass is 339 g/mol. The smallest absolute Gasteiger partial charge is 0.236 e. The van der Waals surface area contributed by atoms with Crippen molar-refractivity contribution in [2.45, 2.75) is 25.0 Å². The first-order chi connectivity index (χ1) is 11.0. The lowest BCUT2D eigenvalue weighted by molar-refractivity contribution is -0.136. The third-order valence-corrected chi connectivity index (χ3v) is 4.80. The molecule has 2 atom stereocenters. The van der Waals surface area contributed by atoms with Crippen molar-refractivity contribution in [3.05, 3.63) is 29.0 Å². The van der Waals surface area contributed by atoms with Crippen molar-refractivity contribution in [2.75, 3.05) is 38.5 Å². The molecule has 2 aliphatic rings. The minimum Gasteiger partial charge on any atom is -0.382 e. The van der Waals surface area contributed by atoms with Crippen LogP contribution in [-0.4, -0.2) is 61.1 Å². The van der Waals surface area contributed by atoms with Gasteiger partial charge in [0.1, 0.15) is 5.82 Å². The van der Waals surface area contributed by atoms with E-state index in [9.17, 15) is 9.18 Å². The summed E-state index contributed by atoms with van der Waals surface area (Å²) in [5, 5.41) is 8.19. The van der Waals surface area contributed by atoms with E-state index in [0.29, 0.717) is 6.54 Å². The number of amides is 1. The molecular formula is C16H21ClFN4O. The van der Waals surface area contributed by atoms with Crippen molar-refractivity contribution in [1.29, 1.82) is 0 Å². The number of benzene rings is 1. The summed E-state index contributed by atoms with van der Waals surface area (Å²) in [6, 6.07) is 4.92. The second-order valence-electron chi connectivity index (χ2n) is 6.17. The Labute approximate surface area is 140 Å². The highest BCUT2D eigenvalue weighted by molar-refractivity contribution is 6.31. The highest BCUT2D eigenvalue weighted by Gasteiger charge is 2.31. The molecular weight excluding hydrogens is 319 g/mol. The zero-order valence-corrected chi connectivity index (χ0v) is 13.9. The van der Waals surface area contributed by atoms with E-state index in [4.69, 9.17) is 11.6 Å². The second kappa shape index (κ2) is 7.03. The van der Waals surface area contributed by atoms with E-state index in [-0.39, 0.29) is 23.1 Å². The minimum absolute atomic E-state index is 0.0646. The maximum absolute atomic E-state index is 13.2. The van der Waals surface area contributed by atoms with Gasteiger partial charge in [0.25, 0.3) is 0 Å². The Kier molecular flexibility index (Phi) is 5.04. The van der Waals surface area contributed by atoms with Crippen molar-refractivity contribution in [3.63, 3.8) is 0 Å². The number of hydrogen-bond donors (Lipinski definition) is 1. The van der Waals surface area contributed by atoms with E-state index >= 15 is 0 Å². The molecule has 2 aliphatic heterocycles. The molecule has 2 saturated heterocycles. The number of piperazine rings is 1. The summed E-state index contributed by atoms with van der Waals surface area (Å²) in [5.74, 6) is -0.267. The van der Waals surface area contributed by atoms with Gasteiger partial charge in [0.05, 0.1) is 17.7 Å². The molecule has 2 fully saturated rings. The lowest BCUT2D eigenvalue weighted by Gasteiger charge is -2.40. The van der Waals surface area contributed by atoms with Gasteiger partial charge in [-0.05, 0) is 31.0 Å². The maximum atomic E-state index is 13.2. The Hall–Kier alpha value is -1.37. The highest BCUT2D eigenvalue weighted by atomic mass is 35.5. The van der Waals surface area contributed by atoms with E-state index in [1.54, 1.807) is 17.0 Å². The average molecular weight is 340 g/mol. The predicted octanol–water partition coefficient (Wildman–Crippen LogP) is 1.76. The van der Waals surface area contributed by atoms with E-state index < -0.39 is 5.82 Å². The number of anilines is 1. The van der Waals surface area contributed by atoms with Gasteiger partial charge in [0.15, 0.2) is 0 Å². The van der Waals surface area contributed by atoms with Crippen LogP contribution in [0.1, 0.15) is 12.8 Å². The molecule has 3 rings (SSSR count). The van der Waals surface area contributed by atoms with Gasteiger partial charge in [-0.3, -0.25) is 9.69 Å². The molecule has 0 aromatic heterocycles. The predicted molar refractivity (Wildman–Crippen MR) is 88.1 cm³/mol. The first kappa shape index (κ1) is 16.5. The number of piperidine rings is 1. The van der Waals surface area contributed by atoms with Gasteiger partial charge in [-0.2, -0.15) is 0 Å². The van der Waals surface area contributed by atoms with Crippen molar-refractivity contribution in [2.24, 2.45) is 0 Å². The van der Waals surface area contributed by atoms with E-state index in [1.807, 2.05) is 7.05 Å². The first-order valence-corrected chi connectivity index (χ1v) is 8.27. The zero-order valence-electron chi connectivity index (χ0n) is 13.1. The Morgan fingerprint density at radius 1 is 1.39 bits per heavy atom. The summed E-state index contributed by atoms with van der Waals surface area (Å²) >= 11 is 5.83. The van der Waals surface area contributed by atoms with E-state index in [0.717, 1.165) is 38.2 Å². The quantitative estimate of drug-likeness (QED) is 0.913. The van der Waals surface area contributed by atoms with Crippen molar-refractivity contribution in [3.8, 4) is 0 Å². The molecule has 0 spiro atoms. The van der Waals surface area contributed by atoms with Gasteiger partial charge in [-0.25, -0.2) is 9.71 Å². The van der Waals surface area contributed by atoms with Crippen LogP contribution >= 0.6 is 11.6 Å². The van der Waals surface area contributed by atoms with Gasteiger partial charge < -0.3 is 10.2 Å². The van der Waals surface area contributed by atoms with E-state index in [1.165, 1.54) is 6.07 Å². The fourth-order valence-corrected chi connectivity index (χ4v) is 3.26. The van der Waals surface area contributed by atoms with Gasteiger partial charge in [0, 0.05) is 38.4 Å². The lowest BCUT2D eigenvalue weighted by Crippen LogP contribution is -2.57. The fourth-order valence-electron chi connectivity index (χ4n) is 3.07. The van der Waals surface area contributed by atoms with Crippen molar-refractivity contribution < 1.29 is 9.18 Å². The zero-order chi connectivity index (χ0) is 16.4. The van der Waals surface area contributed by atoms with Gasteiger partial charge in [-0.1, -0.05) is 11.6 Å². The van der Waals surface area contributed by atoms with Gasteiger partial charge in [0.2, 0.25) is 5.91 Å². The number of halogens is 2. The summed E-state index contributed by atoms with van der Waals surface area (Å²) < 4.78 is 13.2. The molecule has 125 valence electrons. The Morgan fingerprint density at radius 2 is 2.22 bits per heavy atom. The molecule has 1 N–H and O–H groups in total. The van der Waals surface area contributed by atoms with Crippen LogP contribution < -0.4 is 10.6 Å². The van der Waals surface area contributed by atoms with Crippen LogP contribution in [0.15, 0.2) is 18.2 Å². The molecule has 1 radical (unpaired) electrons. The third-order valence-electron chi connectivity index (χ3n) is 4.51. The molecule has 2 heterocycles. The van der Waals surface area contributed by atoms with Crippen molar-refractivity contribution in [1.82, 2.24) is 15.1 Å². The van der Waals surface area contributed by atoms with Crippen LogP contribution in [0.25, 0.3) is 0 Å². The Bertz CT molecular complexity index is 585. The Morgan fingerprint density at radius 3 is 2.96 bits per heavy atom. The molecule has 5 nitrogen and oxygen atoms in total. The summed E-state index contributed by atoms with van der Waals surface area (Å²) in [7, 11) is 1.83. The number of nitrogens with zero attached hydrogens (tertiary/aromatic N) is 3. The summed E-state index contributed by atoms with van der Waals surface area (Å²) in [6.45, 7) is 2.79. The van der Waals surface area contributed by atoms with Crippen LogP contribution in [0.4, 0.5) is 10.1 Å². The van der Waals surface area contributed by atoms with E-state index in [2.05, 4.69) is 15.5 Å². The number of nitrogens with one attached hydrogen (secondary N) is 1. The largest absolute Gasteiger partial charge is 0.382 e. The van der Waals surface area contributed by atoms with Crippen LogP contribution in [0.2, 0.25) is 5.02 Å². The number of rotatable bonds is 3. The first-order valence-electron chi connectivity index (χ1n) is 7.89.